The fraction of sp³-hybridized carbons (Fsp3) is 0.432. The van der Waals surface area contributed by atoms with Gasteiger partial charge < -0.3 is 34.6 Å². The normalized spacial score (nSPS) is 25.2. The van der Waals surface area contributed by atoms with Gasteiger partial charge in [-0.3, -0.25) is 0 Å². The maximum absolute atomic E-state index is 11.4. The third-order valence-corrected chi connectivity index (χ3v) is 6.75. The van der Waals surface area contributed by atoms with E-state index in [1.165, 1.54) is 7.11 Å². The maximum atomic E-state index is 11.4. The van der Waals surface area contributed by atoms with Crippen LogP contribution in [0, 0.1) is 0 Å². The number of methoxy groups -OCH3 is 1. The molecular weight excluding hydrogens is 572 g/mol. The zero-order valence-electron chi connectivity index (χ0n) is 27.9. The van der Waals surface area contributed by atoms with E-state index in [9.17, 15) is 25.2 Å². The summed E-state index contributed by atoms with van der Waals surface area (Å²) in [5.74, 6) is -0.337. The van der Waals surface area contributed by atoms with E-state index in [0.717, 1.165) is 22.3 Å². The Morgan fingerprint density at radius 1 is 0.711 bits per heavy atom. The predicted molar refractivity (Wildman–Crippen MR) is 180 cm³/mol. The molecule has 5 unspecified atom stereocenters. The Morgan fingerprint density at radius 2 is 1.18 bits per heavy atom. The molecule has 0 aliphatic carbocycles. The maximum Gasteiger partial charge on any atom is 0.333 e. The third-order valence-electron chi connectivity index (χ3n) is 6.75. The van der Waals surface area contributed by atoms with E-state index in [2.05, 4.69) is 4.74 Å². The molecule has 8 heteroatoms. The average molecular weight is 625 g/mol. The molecule has 1 heterocycles. The number of aliphatic hydroxyl groups excluding tert-OH is 4. The molecule has 0 aromatic carbocycles. The summed E-state index contributed by atoms with van der Waals surface area (Å²) in [4.78, 5) is 11.4. The van der Waals surface area contributed by atoms with Crippen LogP contribution >= 0.6 is 0 Å². The molecule has 0 spiro atoms. The van der Waals surface area contributed by atoms with Crippen LogP contribution in [0.1, 0.15) is 54.9 Å². The van der Waals surface area contributed by atoms with Gasteiger partial charge in [0.15, 0.2) is 6.29 Å². The second-order valence-electron chi connectivity index (χ2n) is 11.6. The minimum Gasteiger partial charge on any atom is -0.466 e. The summed E-state index contributed by atoms with van der Waals surface area (Å²) in [6, 6.07) is 0. The highest BCUT2D eigenvalue weighted by Crippen LogP contribution is 2.27. The molecule has 8 nitrogen and oxygen atoms in total. The lowest BCUT2D eigenvalue weighted by atomic mass is 9.98. The molecule has 248 valence electrons. The molecule has 1 fully saturated rings. The van der Waals surface area contributed by atoms with Crippen molar-refractivity contribution in [3.63, 3.8) is 0 Å². The summed E-state index contributed by atoms with van der Waals surface area (Å²) < 4.78 is 16.0. The Balaban J connectivity index is 2.59. The molecule has 4 N–H and O–H groups in total. The van der Waals surface area contributed by atoms with Gasteiger partial charge >= 0.3 is 5.97 Å². The smallest absolute Gasteiger partial charge is 0.333 e. The van der Waals surface area contributed by atoms with Crippen LogP contribution in [0.15, 0.2) is 119 Å². The van der Waals surface area contributed by atoms with Gasteiger partial charge in [-0.1, -0.05) is 113 Å². The third kappa shape index (κ3) is 16.0. The number of aliphatic hydroxyl groups is 4. The lowest BCUT2D eigenvalue weighted by molar-refractivity contribution is -0.322. The van der Waals surface area contributed by atoms with Crippen molar-refractivity contribution < 1.29 is 39.4 Å². The van der Waals surface area contributed by atoms with E-state index < -0.39 is 42.9 Å². The molecular formula is C37H52O8. The fourth-order valence-corrected chi connectivity index (χ4v) is 3.97. The standard InChI is InChI=1S/C37H52O8/c1-26(15-9-10-16-27(2)21-13-23-30(5)35(42)43-8)17-11-18-28(3)19-12-20-29(4)22-14-24-37(6,7)45-36-34(41)33(40)32(39)31(25-38)44-36/h9-23,31-34,36,38-41H,24-25H2,1-8H3. The Morgan fingerprint density at radius 3 is 1.67 bits per heavy atom. The Labute approximate surface area is 269 Å². The first-order valence-electron chi connectivity index (χ1n) is 15.0. The SMILES string of the molecule is COC(=O)C(C)=CC=CC(C)=CC=CC=C(C)C=CC=C(C)C=CC=C(C)C=CCC(C)(C)OC1OC(CO)C(O)C(O)C1O. The van der Waals surface area contributed by atoms with Crippen LogP contribution < -0.4 is 0 Å². The minimum atomic E-state index is -1.47. The number of carbonyl (C=O) groups excluding carboxylic acids is 1. The first-order chi connectivity index (χ1) is 21.2. The molecule has 0 aromatic heterocycles. The summed E-state index contributed by atoms with van der Waals surface area (Å²) in [5, 5.41) is 39.5. The first-order valence-corrected chi connectivity index (χ1v) is 15.0. The van der Waals surface area contributed by atoms with Gasteiger partial charge in [0.1, 0.15) is 24.4 Å². The highest BCUT2D eigenvalue weighted by Gasteiger charge is 2.45. The largest absolute Gasteiger partial charge is 0.466 e. The summed E-state index contributed by atoms with van der Waals surface area (Å²) in [7, 11) is 1.36. The zero-order valence-corrected chi connectivity index (χ0v) is 27.9. The fourth-order valence-electron chi connectivity index (χ4n) is 3.97. The van der Waals surface area contributed by atoms with Gasteiger partial charge in [-0.15, -0.1) is 0 Å². The number of hydrogen-bond acceptors (Lipinski definition) is 8. The summed E-state index contributed by atoms with van der Waals surface area (Å²) in [6.07, 6.45) is 23.5. The summed E-state index contributed by atoms with van der Waals surface area (Å²) in [5.41, 5.74) is 4.11. The van der Waals surface area contributed by atoms with Gasteiger partial charge in [0.25, 0.3) is 0 Å². The number of esters is 1. The summed E-state index contributed by atoms with van der Waals surface area (Å²) >= 11 is 0. The van der Waals surface area contributed by atoms with E-state index in [1.54, 1.807) is 13.0 Å². The molecule has 1 aliphatic heterocycles. The van der Waals surface area contributed by atoms with E-state index in [0.29, 0.717) is 12.0 Å². The topological polar surface area (TPSA) is 126 Å². The van der Waals surface area contributed by atoms with Crippen LogP contribution in [0.2, 0.25) is 0 Å². The number of carbonyl (C=O) groups is 1. The van der Waals surface area contributed by atoms with Crippen LogP contribution in [0.5, 0.6) is 0 Å². The molecule has 0 aromatic rings. The number of rotatable bonds is 15. The second kappa shape index (κ2) is 20.6. The number of ether oxygens (including phenoxy) is 3. The molecule has 1 saturated heterocycles. The van der Waals surface area contributed by atoms with Crippen LogP contribution in [0.3, 0.4) is 0 Å². The molecule has 45 heavy (non-hydrogen) atoms. The highest BCUT2D eigenvalue weighted by molar-refractivity contribution is 5.87. The molecule has 0 radical (unpaired) electrons. The van der Waals surface area contributed by atoms with Crippen LogP contribution in [-0.2, 0) is 19.0 Å². The van der Waals surface area contributed by atoms with Crippen molar-refractivity contribution in [1.82, 2.24) is 0 Å². The van der Waals surface area contributed by atoms with Crippen LogP contribution in [0.4, 0.5) is 0 Å². The Bertz CT molecular complexity index is 1250. The molecule has 5 atom stereocenters. The van der Waals surface area contributed by atoms with Gasteiger partial charge in [0.05, 0.1) is 19.3 Å². The number of hydrogen-bond donors (Lipinski definition) is 4. The molecule has 1 rings (SSSR count). The predicted octanol–water partition coefficient (Wildman–Crippen LogP) is 5.66. The molecule has 0 saturated carbocycles. The van der Waals surface area contributed by atoms with Crippen molar-refractivity contribution in [2.24, 2.45) is 0 Å². The Kier molecular flexibility index (Phi) is 18.2. The van der Waals surface area contributed by atoms with Gasteiger partial charge in [0, 0.05) is 5.57 Å². The number of allylic oxidation sites excluding steroid dienone is 18. The monoisotopic (exact) mass is 624 g/mol. The minimum absolute atomic E-state index is 0.337. The van der Waals surface area contributed by atoms with E-state index in [4.69, 9.17) is 9.47 Å². The van der Waals surface area contributed by atoms with Gasteiger partial charge in [0.2, 0.25) is 0 Å². The highest BCUT2D eigenvalue weighted by atomic mass is 16.7. The lowest BCUT2D eigenvalue weighted by Crippen LogP contribution is -2.60. The van der Waals surface area contributed by atoms with Gasteiger partial charge in [-0.05, 0) is 54.9 Å². The van der Waals surface area contributed by atoms with Crippen molar-refractivity contribution >= 4 is 5.97 Å². The van der Waals surface area contributed by atoms with Crippen molar-refractivity contribution in [2.45, 2.75) is 91.2 Å². The van der Waals surface area contributed by atoms with E-state index in [-0.39, 0.29) is 5.97 Å². The zero-order chi connectivity index (χ0) is 34.0. The molecule has 0 bridgehead atoms. The van der Waals surface area contributed by atoms with Crippen molar-refractivity contribution in [3.8, 4) is 0 Å². The van der Waals surface area contributed by atoms with E-state index in [1.807, 2.05) is 127 Å². The first kappa shape index (κ1) is 39.7. The van der Waals surface area contributed by atoms with Crippen molar-refractivity contribution in [2.75, 3.05) is 13.7 Å². The quantitative estimate of drug-likeness (QED) is 0.105. The Hall–Kier alpha value is -3.37. The summed E-state index contributed by atoms with van der Waals surface area (Å²) in [6.45, 7) is 12.9. The van der Waals surface area contributed by atoms with Crippen LogP contribution in [0.25, 0.3) is 0 Å². The van der Waals surface area contributed by atoms with E-state index >= 15 is 0 Å². The molecule has 0 amide bonds. The lowest BCUT2D eigenvalue weighted by Gasteiger charge is -2.42. The molecule has 1 aliphatic rings. The van der Waals surface area contributed by atoms with Crippen molar-refractivity contribution in [3.05, 3.63) is 119 Å². The van der Waals surface area contributed by atoms with Crippen LogP contribution in [-0.4, -0.2) is 76.4 Å². The average Bonchev–Trinajstić information content (AvgIpc) is 2.98. The van der Waals surface area contributed by atoms with Crippen molar-refractivity contribution in [1.29, 1.82) is 0 Å². The second-order valence-corrected chi connectivity index (χ2v) is 11.6. The van der Waals surface area contributed by atoms with Gasteiger partial charge in [-0.2, -0.15) is 0 Å². The van der Waals surface area contributed by atoms with Gasteiger partial charge in [-0.25, -0.2) is 4.79 Å².